The van der Waals surface area contributed by atoms with Gasteiger partial charge >= 0.3 is 12.1 Å². The van der Waals surface area contributed by atoms with Gasteiger partial charge in [0.15, 0.2) is 0 Å². The van der Waals surface area contributed by atoms with Gasteiger partial charge in [-0.3, -0.25) is 9.59 Å². The summed E-state index contributed by atoms with van der Waals surface area (Å²) in [5, 5.41) is 12.3. The third kappa shape index (κ3) is 4.77. The predicted octanol–water partition coefficient (Wildman–Crippen LogP) is 4.41. The number of benzene rings is 2. The van der Waals surface area contributed by atoms with Crippen molar-refractivity contribution in [2.24, 2.45) is 11.3 Å². The highest BCUT2D eigenvalue weighted by molar-refractivity contribution is 5.86. The quantitative estimate of drug-likeness (QED) is 0.617. The Kier molecular flexibility index (Phi) is 6.26. The fourth-order valence-electron chi connectivity index (χ4n) is 5.35. The maximum Gasteiger partial charge on any atom is 0.407 e. The Morgan fingerprint density at radius 3 is 2.14 bits per heavy atom. The molecule has 184 valence electrons. The summed E-state index contributed by atoms with van der Waals surface area (Å²) in [6.07, 6.45) is 2.96. The van der Waals surface area contributed by atoms with Crippen molar-refractivity contribution in [2.75, 3.05) is 19.7 Å². The van der Waals surface area contributed by atoms with Crippen molar-refractivity contribution >= 4 is 18.0 Å². The summed E-state index contributed by atoms with van der Waals surface area (Å²) in [6.45, 7) is 2.70. The van der Waals surface area contributed by atoms with Crippen molar-refractivity contribution in [2.45, 2.75) is 51.0 Å². The van der Waals surface area contributed by atoms with Crippen LogP contribution >= 0.6 is 0 Å². The zero-order valence-electron chi connectivity index (χ0n) is 20.0. The minimum Gasteiger partial charge on any atom is -0.481 e. The van der Waals surface area contributed by atoms with Crippen LogP contribution in [0.25, 0.3) is 11.1 Å². The Bertz CT molecular complexity index is 1090. The number of carboxylic acid groups (broad SMARTS) is 1. The van der Waals surface area contributed by atoms with Gasteiger partial charge in [0.05, 0.1) is 5.41 Å². The largest absolute Gasteiger partial charge is 0.481 e. The van der Waals surface area contributed by atoms with Gasteiger partial charge in [-0.15, -0.1) is 0 Å². The topological polar surface area (TPSA) is 95.9 Å². The maximum atomic E-state index is 13.3. The van der Waals surface area contributed by atoms with E-state index in [1.807, 2.05) is 24.3 Å². The van der Waals surface area contributed by atoms with Crippen LogP contribution in [0.3, 0.4) is 0 Å². The molecule has 0 bridgehead atoms. The number of hydrogen-bond acceptors (Lipinski definition) is 4. The molecule has 7 heteroatoms. The molecule has 0 radical (unpaired) electrons. The number of likely N-dealkylation sites (tertiary alicyclic amines) is 1. The van der Waals surface area contributed by atoms with Crippen LogP contribution in [0.15, 0.2) is 48.5 Å². The van der Waals surface area contributed by atoms with Crippen LogP contribution in [0, 0.1) is 11.3 Å². The Morgan fingerprint density at radius 1 is 1.03 bits per heavy atom. The third-order valence-corrected chi connectivity index (χ3v) is 7.89. The first-order valence-corrected chi connectivity index (χ1v) is 12.5. The predicted molar refractivity (Wildman–Crippen MR) is 131 cm³/mol. The molecular formula is C28H32N2O5. The molecule has 2 aromatic carbocycles. The molecule has 2 aromatic rings. The van der Waals surface area contributed by atoms with Gasteiger partial charge in [0, 0.05) is 19.0 Å². The Labute approximate surface area is 205 Å². The fraction of sp³-hybridized carbons (Fsp3) is 0.464. The van der Waals surface area contributed by atoms with Crippen molar-refractivity contribution < 1.29 is 24.2 Å². The van der Waals surface area contributed by atoms with Crippen LogP contribution < -0.4 is 5.32 Å². The number of ether oxygens (including phenoxy) is 1. The van der Waals surface area contributed by atoms with E-state index in [9.17, 15) is 19.5 Å². The number of piperidine rings is 1. The van der Waals surface area contributed by atoms with E-state index in [2.05, 4.69) is 29.6 Å². The molecule has 0 spiro atoms. The molecule has 5 rings (SSSR count). The van der Waals surface area contributed by atoms with Crippen molar-refractivity contribution in [3.05, 3.63) is 59.7 Å². The highest BCUT2D eigenvalue weighted by Gasteiger charge is 2.40. The van der Waals surface area contributed by atoms with Crippen LogP contribution in [0.5, 0.6) is 0 Å². The second-order valence-electron chi connectivity index (χ2n) is 10.4. The van der Waals surface area contributed by atoms with E-state index in [0.717, 1.165) is 35.1 Å². The lowest BCUT2D eigenvalue weighted by molar-refractivity contribution is -0.153. The number of fused-ring (bicyclic) bond motifs is 3. The van der Waals surface area contributed by atoms with Crippen LogP contribution in [-0.2, 0) is 14.3 Å². The molecule has 7 nitrogen and oxygen atoms in total. The van der Waals surface area contributed by atoms with E-state index < -0.39 is 23.5 Å². The van der Waals surface area contributed by atoms with E-state index in [1.165, 1.54) is 0 Å². The number of nitrogens with zero attached hydrogens (tertiary/aromatic N) is 1. The van der Waals surface area contributed by atoms with Gasteiger partial charge in [0.2, 0.25) is 5.91 Å². The molecule has 0 aromatic heterocycles. The second kappa shape index (κ2) is 9.36. The number of carbonyl (C=O) groups excluding carboxylic acids is 2. The molecule has 3 aliphatic rings. The van der Waals surface area contributed by atoms with Crippen LogP contribution in [0.1, 0.15) is 56.1 Å². The molecule has 35 heavy (non-hydrogen) atoms. The van der Waals surface area contributed by atoms with Crippen molar-refractivity contribution in [1.29, 1.82) is 0 Å². The first-order chi connectivity index (χ1) is 16.9. The smallest absolute Gasteiger partial charge is 0.407 e. The average Bonchev–Trinajstić information content (AvgIpc) is 3.63. The summed E-state index contributed by atoms with van der Waals surface area (Å²) in [4.78, 5) is 39.3. The SMILES string of the molecule is CC1(C(=O)O)CCN(C(=O)[C@H](CC2CC2)NC(=O)OCC2c3ccccc3-c3ccccc32)CC1. The summed E-state index contributed by atoms with van der Waals surface area (Å²) >= 11 is 0. The number of carbonyl (C=O) groups is 3. The summed E-state index contributed by atoms with van der Waals surface area (Å²) in [6, 6.07) is 15.7. The lowest BCUT2D eigenvalue weighted by atomic mass is 9.80. The number of rotatable bonds is 7. The molecule has 1 saturated heterocycles. The van der Waals surface area contributed by atoms with E-state index in [0.29, 0.717) is 38.3 Å². The molecule has 2 fully saturated rings. The fourth-order valence-corrected chi connectivity index (χ4v) is 5.35. The van der Waals surface area contributed by atoms with Crippen molar-refractivity contribution in [3.8, 4) is 11.1 Å². The van der Waals surface area contributed by atoms with Crippen molar-refractivity contribution in [3.63, 3.8) is 0 Å². The molecule has 1 heterocycles. The van der Waals surface area contributed by atoms with E-state index in [1.54, 1.807) is 11.8 Å². The number of carboxylic acids is 1. The number of alkyl carbamates (subject to hydrolysis) is 1. The molecule has 2 N–H and O–H groups in total. The second-order valence-corrected chi connectivity index (χ2v) is 10.4. The summed E-state index contributed by atoms with van der Waals surface area (Å²) in [5.41, 5.74) is 3.81. The lowest BCUT2D eigenvalue weighted by Crippen LogP contribution is -2.53. The maximum absolute atomic E-state index is 13.3. The van der Waals surface area contributed by atoms with Crippen molar-refractivity contribution in [1.82, 2.24) is 10.2 Å². The Morgan fingerprint density at radius 2 is 1.60 bits per heavy atom. The van der Waals surface area contributed by atoms with E-state index >= 15 is 0 Å². The third-order valence-electron chi connectivity index (χ3n) is 7.89. The summed E-state index contributed by atoms with van der Waals surface area (Å²) in [5.74, 6) is -0.567. The molecule has 0 unspecified atom stereocenters. The van der Waals surface area contributed by atoms with Gasteiger partial charge < -0.3 is 20.1 Å². The first-order valence-electron chi connectivity index (χ1n) is 12.5. The Balaban J connectivity index is 1.22. The summed E-state index contributed by atoms with van der Waals surface area (Å²) < 4.78 is 5.68. The molecular weight excluding hydrogens is 444 g/mol. The zero-order valence-corrected chi connectivity index (χ0v) is 20.0. The zero-order chi connectivity index (χ0) is 24.6. The molecule has 1 aliphatic heterocycles. The van der Waals surface area contributed by atoms with Crippen LogP contribution in [0.2, 0.25) is 0 Å². The number of hydrogen-bond donors (Lipinski definition) is 2. The molecule has 1 saturated carbocycles. The van der Waals surface area contributed by atoms with E-state index in [4.69, 9.17) is 4.74 Å². The molecule has 2 aliphatic carbocycles. The minimum atomic E-state index is -0.823. The number of nitrogens with one attached hydrogen (secondary N) is 1. The van der Waals surface area contributed by atoms with E-state index in [-0.39, 0.29) is 18.4 Å². The summed E-state index contributed by atoms with van der Waals surface area (Å²) in [7, 11) is 0. The van der Waals surface area contributed by atoms with Gasteiger partial charge in [0.25, 0.3) is 0 Å². The highest BCUT2D eigenvalue weighted by Crippen LogP contribution is 2.44. The standard InChI is InChI=1S/C28H32N2O5/c1-28(26(32)33)12-14-30(15-13-28)25(31)24(16-18-10-11-18)29-27(34)35-17-23-21-8-4-2-6-19(21)20-7-3-5-9-22(20)23/h2-9,18,23-24H,10-17H2,1H3,(H,29,34)(H,32,33)/t24-/m0/s1. The Hall–Kier alpha value is -3.35. The normalized spacial score (nSPS) is 19.4. The monoisotopic (exact) mass is 476 g/mol. The van der Waals surface area contributed by atoms with Gasteiger partial charge in [-0.25, -0.2) is 4.79 Å². The average molecular weight is 477 g/mol. The number of amides is 2. The van der Waals surface area contributed by atoms with Crippen LogP contribution in [-0.4, -0.2) is 53.7 Å². The van der Waals surface area contributed by atoms with Gasteiger partial charge in [-0.05, 0) is 54.4 Å². The minimum absolute atomic E-state index is 0.0403. The van der Waals surface area contributed by atoms with Crippen LogP contribution in [0.4, 0.5) is 4.79 Å². The molecule has 1 atom stereocenters. The highest BCUT2D eigenvalue weighted by atomic mass is 16.5. The molecule has 2 amide bonds. The lowest BCUT2D eigenvalue weighted by Gasteiger charge is -2.38. The number of aliphatic carboxylic acids is 1. The van der Waals surface area contributed by atoms with Gasteiger partial charge in [-0.1, -0.05) is 61.4 Å². The van der Waals surface area contributed by atoms with Gasteiger partial charge in [-0.2, -0.15) is 0 Å². The first kappa shape index (κ1) is 23.4. The van der Waals surface area contributed by atoms with Gasteiger partial charge in [0.1, 0.15) is 12.6 Å².